The first-order valence-corrected chi connectivity index (χ1v) is 7.08. The number of halogens is 2. The van der Waals surface area contributed by atoms with Crippen molar-refractivity contribution in [1.29, 1.82) is 0 Å². The smallest absolute Gasteiger partial charge is 0.222 e. The number of nitrogens with zero attached hydrogens (tertiary/aromatic N) is 1. The number of amides is 1. The topological polar surface area (TPSA) is 55.6 Å². The van der Waals surface area contributed by atoms with Crippen LogP contribution < -0.4 is 10.5 Å². The molecule has 1 aromatic rings. The minimum absolute atomic E-state index is 0.106. The van der Waals surface area contributed by atoms with E-state index >= 15 is 0 Å². The van der Waals surface area contributed by atoms with Gasteiger partial charge in [-0.25, -0.2) is 0 Å². The van der Waals surface area contributed by atoms with Gasteiger partial charge in [-0.2, -0.15) is 0 Å². The molecule has 1 rings (SSSR count). The molecule has 0 atom stereocenters. The number of nitrogens with two attached hydrogens (primary N) is 1. The molecule has 0 aromatic heterocycles. The van der Waals surface area contributed by atoms with Gasteiger partial charge in [-0.3, -0.25) is 4.79 Å². The van der Waals surface area contributed by atoms with Crippen LogP contribution in [0.2, 0.25) is 0 Å². The molecule has 0 fully saturated rings. The Morgan fingerprint density at radius 2 is 1.89 bits per heavy atom. The molecule has 0 aliphatic heterocycles. The van der Waals surface area contributed by atoms with Crippen LogP contribution in [0.4, 0.5) is 5.69 Å². The quantitative estimate of drug-likeness (QED) is 0.631. The lowest BCUT2D eigenvalue weighted by Crippen LogP contribution is -2.21. The summed E-state index contributed by atoms with van der Waals surface area (Å²) in [6.45, 7) is 0.487. The van der Waals surface area contributed by atoms with Gasteiger partial charge in [-0.15, -0.1) is 0 Å². The Kier molecular flexibility index (Phi) is 5.95. The molecule has 0 saturated carbocycles. The van der Waals surface area contributed by atoms with E-state index in [2.05, 4.69) is 31.9 Å². The van der Waals surface area contributed by atoms with E-state index in [0.29, 0.717) is 30.9 Å². The van der Waals surface area contributed by atoms with E-state index in [1.165, 1.54) is 0 Å². The predicted molar refractivity (Wildman–Crippen MR) is 79.7 cm³/mol. The lowest BCUT2D eigenvalue weighted by atomic mass is 10.3. The normalized spacial score (nSPS) is 10.2. The molecule has 1 aromatic carbocycles. The summed E-state index contributed by atoms with van der Waals surface area (Å²) < 4.78 is 7.23. The molecular formula is C12H16Br2N2O2. The van der Waals surface area contributed by atoms with Crippen LogP contribution in [0, 0.1) is 0 Å². The van der Waals surface area contributed by atoms with Gasteiger partial charge in [0.05, 0.1) is 15.6 Å². The molecule has 1 amide bonds. The Bertz CT molecular complexity index is 413. The minimum Gasteiger partial charge on any atom is -0.491 e. The number of anilines is 1. The molecule has 0 radical (unpaired) electrons. The van der Waals surface area contributed by atoms with Crippen LogP contribution >= 0.6 is 31.9 Å². The first kappa shape index (κ1) is 15.3. The van der Waals surface area contributed by atoms with Gasteiger partial charge in [-0.1, -0.05) is 0 Å². The Morgan fingerprint density at radius 1 is 1.33 bits per heavy atom. The third-order valence-electron chi connectivity index (χ3n) is 2.30. The highest BCUT2D eigenvalue weighted by atomic mass is 79.9. The monoisotopic (exact) mass is 378 g/mol. The van der Waals surface area contributed by atoms with Gasteiger partial charge in [0.1, 0.15) is 5.75 Å². The van der Waals surface area contributed by atoms with E-state index in [9.17, 15) is 4.79 Å². The maximum Gasteiger partial charge on any atom is 0.222 e. The van der Waals surface area contributed by atoms with Crippen molar-refractivity contribution in [3.63, 3.8) is 0 Å². The molecule has 2 N–H and O–H groups in total. The van der Waals surface area contributed by atoms with E-state index in [1.54, 1.807) is 31.1 Å². The third-order valence-corrected chi connectivity index (χ3v) is 3.48. The second kappa shape index (κ2) is 6.99. The SMILES string of the molecule is CN(C)C(=O)CCCOc1c(Br)cc(N)cc1Br. The predicted octanol–water partition coefficient (Wildman–Crippen LogP) is 3.04. The zero-order chi connectivity index (χ0) is 13.7. The number of carbonyl (C=O) groups is 1. The first-order chi connectivity index (χ1) is 8.41. The number of benzene rings is 1. The fraction of sp³-hybridized carbons (Fsp3) is 0.417. The van der Waals surface area contributed by atoms with Crippen molar-refractivity contribution >= 4 is 43.5 Å². The second-order valence-electron chi connectivity index (χ2n) is 4.05. The van der Waals surface area contributed by atoms with Crippen molar-refractivity contribution < 1.29 is 9.53 Å². The van der Waals surface area contributed by atoms with Crippen LogP contribution in [0.5, 0.6) is 5.75 Å². The number of ether oxygens (including phenoxy) is 1. The van der Waals surface area contributed by atoms with Crippen molar-refractivity contribution in [2.75, 3.05) is 26.4 Å². The Balaban J connectivity index is 2.47. The molecule has 0 spiro atoms. The number of rotatable bonds is 5. The van der Waals surface area contributed by atoms with Gasteiger partial charge in [-0.05, 0) is 50.4 Å². The minimum atomic E-state index is 0.106. The lowest BCUT2D eigenvalue weighted by molar-refractivity contribution is -0.128. The van der Waals surface area contributed by atoms with Gasteiger partial charge < -0.3 is 15.4 Å². The molecule has 0 heterocycles. The number of carbonyl (C=O) groups excluding carboxylic acids is 1. The van der Waals surface area contributed by atoms with Crippen molar-refractivity contribution in [1.82, 2.24) is 4.90 Å². The zero-order valence-corrected chi connectivity index (χ0v) is 13.5. The van der Waals surface area contributed by atoms with E-state index in [-0.39, 0.29) is 5.91 Å². The highest BCUT2D eigenvalue weighted by Gasteiger charge is 2.09. The van der Waals surface area contributed by atoms with Crippen molar-refractivity contribution in [2.24, 2.45) is 0 Å². The van der Waals surface area contributed by atoms with Crippen LogP contribution in [0.1, 0.15) is 12.8 Å². The molecule has 100 valence electrons. The number of hydrogen-bond acceptors (Lipinski definition) is 3. The average molecular weight is 380 g/mol. The van der Waals surface area contributed by atoms with Gasteiger partial charge in [0.2, 0.25) is 5.91 Å². The zero-order valence-electron chi connectivity index (χ0n) is 10.4. The highest BCUT2D eigenvalue weighted by Crippen LogP contribution is 2.35. The fourth-order valence-corrected chi connectivity index (χ4v) is 2.79. The van der Waals surface area contributed by atoms with Crippen LogP contribution in [0.15, 0.2) is 21.1 Å². The van der Waals surface area contributed by atoms with E-state index < -0.39 is 0 Å². The summed E-state index contributed by atoms with van der Waals surface area (Å²) in [5.74, 6) is 0.815. The summed E-state index contributed by atoms with van der Waals surface area (Å²) in [5.41, 5.74) is 6.35. The summed E-state index contributed by atoms with van der Waals surface area (Å²) in [7, 11) is 3.49. The van der Waals surface area contributed by atoms with Crippen LogP contribution in [0.25, 0.3) is 0 Å². The average Bonchev–Trinajstić information content (AvgIpc) is 2.26. The molecule has 0 unspecified atom stereocenters. The standard InChI is InChI=1S/C12H16Br2N2O2/c1-16(2)11(17)4-3-5-18-12-9(13)6-8(15)7-10(12)14/h6-7H,3-5,15H2,1-2H3. The van der Waals surface area contributed by atoms with Gasteiger partial charge in [0, 0.05) is 26.2 Å². The lowest BCUT2D eigenvalue weighted by Gasteiger charge is -2.12. The fourth-order valence-electron chi connectivity index (χ4n) is 1.34. The molecule has 0 aliphatic rings. The number of nitrogen functional groups attached to an aromatic ring is 1. The van der Waals surface area contributed by atoms with Gasteiger partial charge in [0.25, 0.3) is 0 Å². The van der Waals surface area contributed by atoms with E-state index in [0.717, 1.165) is 8.95 Å². The largest absolute Gasteiger partial charge is 0.491 e. The second-order valence-corrected chi connectivity index (χ2v) is 5.76. The third kappa shape index (κ3) is 4.49. The van der Waals surface area contributed by atoms with E-state index in [4.69, 9.17) is 10.5 Å². The molecule has 0 bridgehead atoms. The summed E-state index contributed by atoms with van der Waals surface area (Å²) in [5, 5.41) is 0. The van der Waals surface area contributed by atoms with Crippen molar-refractivity contribution in [3.8, 4) is 5.75 Å². The van der Waals surface area contributed by atoms with Crippen molar-refractivity contribution in [2.45, 2.75) is 12.8 Å². The Morgan fingerprint density at radius 3 is 2.39 bits per heavy atom. The van der Waals surface area contributed by atoms with Crippen LogP contribution in [0.3, 0.4) is 0 Å². The number of hydrogen-bond donors (Lipinski definition) is 1. The first-order valence-electron chi connectivity index (χ1n) is 5.49. The van der Waals surface area contributed by atoms with Gasteiger partial charge in [0.15, 0.2) is 0 Å². The molecular weight excluding hydrogens is 364 g/mol. The van der Waals surface area contributed by atoms with E-state index in [1.807, 2.05) is 0 Å². The summed E-state index contributed by atoms with van der Waals surface area (Å²) in [6.07, 6.45) is 1.16. The highest BCUT2D eigenvalue weighted by molar-refractivity contribution is 9.11. The molecule has 4 nitrogen and oxygen atoms in total. The summed E-state index contributed by atoms with van der Waals surface area (Å²) >= 11 is 6.78. The Hall–Kier alpha value is -0.750. The summed E-state index contributed by atoms with van der Waals surface area (Å²) in [4.78, 5) is 12.9. The van der Waals surface area contributed by atoms with Crippen LogP contribution in [-0.4, -0.2) is 31.5 Å². The maximum absolute atomic E-state index is 11.4. The Labute approximate surface area is 124 Å². The molecule has 18 heavy (non-hydrogen) atoms. The van der Waals surface area contributed by atoms with Crippen molar-refractivity contribution in [3.05, 3.63) is 21.1 Å². The van der Waals surface area contributed by atoms with Crippen LogP contribution in [-0.2, 0) is 4.79 Å². The molecule has 0 saturated heterocycles. The van der Waals surface area contributed by atoms with Gasteiger partial charge >= 0.3 is 0 Å². The molecule has 6 heteroatoms. The maximum atomic E-state index is 11.4. The summed E-state index contributed by atoms with van der Waals surface area (Å²) in [6, 6.07) is 3.57. The molecule has 0 aliphatic carbocycles.